The Kier molecular flexibility index (Phi) is 2.84. The van der Waals surface area contributed by atoms with E-state index in [0.29, 0.717) is 17.5 Å². The maximum atomic E-state index is 12.0. The topological polar surface area (TPSA) is 58.6 Å². The quantitative estimate of drug-likeness (QED) is 0.755. The van der Waals surface area contributed by atoms with Crippen molar-refractivity contribution in [3.63, 3.8) is 0 Å². The SMILES string of the molecule is CC1CC(C)CC(C(=O)c2cn[nH]n2)C1. The van der Waals surface area contributed by atoms with E-state index in [2.05, 4.69) is 29.3 Å². The van der Waals surface area contributed by atoms with E-state index in [0.717, 1.165) is 12.8 Å². The summed E-state index contributed by atoms with van der Waals surface area (Å²) < 4.78 is 0. The van der Waals surface area contributed by atoms with Crippen molar-refractivity contribution in [1.82, 2.24) is 15.4 Å². The summed E-state index contributed by atoms with van der Waals surface area (Å²) in [4.78, 5) is 12.0. The summed E-state index contributed by atoms with van der Waals surface area (Å²) >= 11 is 0. The Bertz CT molecular complexity index is 324. The number of H-pyrrole nitrogens is 1. The second-order valence-electron chi connectivity index (χ2n) is 4.83. The maximum absolute atomic E-state index is 12.0. The monoisotopic (exact) mass is 207 g/mol. The van der Waals surface area contributed by atoms with Gasteiger partial charge in [-0.15, -0.1) is 0 Å². The van der Waals surface area contributed by atoms with Crippen LogP contribution >= 0.6 is 0 Å². The number of nitrogens with one attached hydrogen (secondary N) is 1. The fraction of sp³-hybridized carbons (Fsp3) is 0.727. The van der Waals surface area contributed by atoms with E-state index in [1.807, 2.05) is 0 Å². The van der Waals surface area contributed by atoms with Gasteiger partial charge in [0.15, 0.2) is 5.78 Å². The normalized spacial score (nSPS) is 31.5. The molecule has 1 N–H and O–H groups in total. The second-order valence-corrected chi connectivity index (χ2v) is 4.83. The van der Waals surface area contributed by atoms with Crippen molar-refractivity contribution in [2.45, 2.75) is 33.1 Å². The molecule has 1 fully saturated rings. The summed E-state index contributed by atoms with van der Waals surface area (Å²) in [6.07, 6.45) is 4.75. The largest absolute Gasteiger partial charge is 0.292 e. The zero-order valence-corrected chi connectivity index (χ0v) is 9.23. The molecule has 0 aromatic carbocycles. The molecule has 1 aliphatic rings. The molecule has 82 valence electrons. The van der Waals surface area contributed by atoms with E-state index in [1.54, 1.807) is 0 Å². The number of carbonyl (C=O) groups is 1. The number of carbonyl (C=O) groups excluding carboxylic acids is 1. The Morgan fingerprint density at radius 1 is 1.33 bits per heavy atom. The zero-order valence-electron chi connectivity index (χ0n) is 9.23. The van der Waals surface area contributed by atoms with Crippen LogP contribution in [0.3, 0.4) is 0 Å². The number of aromatic amines is 1. The van der Waals surface area contributed by atoms with Crippen LogP contribution in [0.25, 0.3) is 0 Å². The molecule has 1 aliphatic carbocycles. The van der Waals surface area contributed by atoms with Crippen LogP contribution in [0.15, 0.2) is 6.20 Å². The lowest BCUT2D eigenvalue weighted by atomic mass is 9.74. The molecule has 1 aromatic heterocycles. The summed E-state index contributed by atoms with van der Waals surface area (Å²) in [5.74, 6) is 1.60. The average Bonchev–Trinajstić information content (AvgIpc) is 2.67. The summed E-state index contributed by atoms with van der Waals surface area (Å²) in [6, 6.07) is 0. The number of rotatable bonds is 2. The first-order chi connectivity index (χ1) is 7.16. The molecule has 2 rings (SSSR count). The minimum Gasteiger partial charge on any atom is -0.292 e. The zero-order chi connectivity index (χ0) is 10.8. The summed E-state index contributed by atoms with van der Waals surface area (Å²) in [7, 11) is 0. The van der Waals surface area contributed by atoms with Crippen molar-refractivity contribution >= 4 is 5.78 Å². The van der Waals surface area contributed by atoms with Crippen LogP contribution in [-0.2, 0) is 0 Å². The summed E-state index contributed by atoms with van der Waals surface area (Å²) in [5.41, 5.74) is 0.487. The molecule has 0 aliphatic heterocycles. The van der Waals surface area contributed by atoms with Gasteiger partial charge in [0, 0.05) is 5.92 Å². The number of ketones is 1. The van der Waals surface area contributed by atoms with Gasteiger partial charge in [-0.2, -0.15) is 15.4 Å². The molecular weight excluding hydrogens is 190 g/mol. The average molecular weight is 207 g/mol. The highest BCUT2D eigenvalue weighted by Gasteiger charge is 2.30. The molecule has 2 unspecified atom stereocenters. The first kappa shape index (κ1) is 10.3. The molecule has 0 saturated heterocycles. The summed E-state index contributed by atoms with van der Waals surface area (Å²) in [5, 5.41) is 10.0. The summed E-state index contributed by atoms with van der Waals surface area (Å²) in [6.45, 7) is 4.44. The van der Waals surface area contributed by atoms with Crippen molar-refractivity contribution in [1.29, 1.82) is 0 Å². The first-order valence-electron chi connectivity index (χ1n) is 5.56. The standard InChI is InChI=1S/C11H17N3O/c1-7-3-8(2)5-9(4-7)11(15)10-6-12-14-13-10/h6-9H,3-5H2,1-2H3,(H,12,13,14). The molecule has 1 saturated carbocycles. The van der Waals surface area contributed by atoms with Crippen LogP contribution in [0.2, 0.25) is 0 Å². The second kappa shape index (κ2) is 4.13. The molecule has 4 nitrogen and oxygen atoms in total. The van der Waals surface area contributed by atoms with E-state index in [9.17, 15) is 4.79 Å². The minimum atomic E-state index is 0.147. The molecule has 4 heteroatoms. The van der Waals surface area contributed by atoms with Gasteiger partial charge in [-0.05, 0) is 31.1 Å². The molecule has 2 atom stereocenters. The third-order valence-electron chi connectivity index (χ3n) is 3.22. The Hall–Kier alpha value is -1.19. The van der Waals surface area contributed by atoms with E-state index < -0.39 is 0 Å². The van der Waals surface area contributed by atoms with Crippen molar-refractivity contribution in [2.75, 3.05) is 0 Å². The highest BCUT2D eigenvalue weighted by molar-refractivity contribution is 5.95. The van der Waals surface area contributed by atoms with Crippen molar-refractivity contribution in [3.8, 4) is 0 Å². The van der Waals surface area contributed by atoms with E-state index >= 15 is 0 Å². The third kappa shape index (κ3) is 2.25. The fourth-order valence-corrected chi connectivity index (χ4v) is 2.69. The van der Waals surface area contributed by atoms with E-state index in [1.165, 1.54) is 12.6 Å². The lowest BCUT2D eigenvalue weighted by Crippen LogP contribution is -2.26. The minimum absolute atomic E-state index is 0.147. The molecule has 0 spiro atoms. The maximum Gasteiger partial charge on any atom is 0.187 e. The smallest absolute Gasteiger partial charge is 0.187 e. The number of hydrogen-bond acceptors (Lipinski definition) is 3. The highest BCUT2D eigenvalue weighted by Crippen LogP contribution is 2.34. The number of nitrogens with zero attached hydrogens (tertiary/aromatic N) is 2. The van der Waals surface area contributed by atoms with Crippen molar-refractivity contribution in [2.24, 2.45) is 17.8 Å². The van der Waals surface area contributed by atoms with Gasteiger partial charge >= 0.3 is 0 Å². The highest BCUT2D eigenvalue weighted by atomic mass is 16.1. The van der Waals surface area contributed by atoms with Crippen LogP contribution in [0.1, 0.15) is 43.6 Å². The molecule has 0 radical (unpaired) electrons. The Labute approximate surface area is 89.5 Å². The molecule has 1 aromatic rings. The number of hydrogen-bond donors (Lipinski definition) is 1. The van der Waals surface area contributed by atoms with Crippen LogP contribution in [0.4, 0.5) is 0 Å². The molecule has 0 bridgehead atoms. The van der Waals surface area contributed by atoms with Crippen molar-refractivity contribution in [3.05, 3.63) is 11.9 Å². The van der Waals surface area contributed by atoms with E-state index in [4.69, 9.17) is 0 Å². The van der Waals surface area contributed by atoms with Gasteiger partial charge in [0.2, 0.25) is 0 Å². The Morgan fingerprint density at radius 2 is 2.00 bits per heavy atom. The fourth-order valence-electron chi connectivity index (χ4n) is 2.69. The van der Waals surface area contributed by atoms with Crippen molar-refractivity contribution < 1.29 is 4.79 Å². The van der Waals surface area contributed by atoms with Crippen LogP contribution in [0.5, 0.6) is 0 Å². The van der Waals surface area contributed by atoms with Gasteiger partial charge < -0.3 is 0 Å². The Balaban J connectivity index is 2.07. The molecular formula is C11H17N3O. The lowest BCUT2D eigenvalue weighted by molar-refractivity contribution is 0.0831. The molecule has 1 heterocycles. The van der Waals surface area contributed by atoms with Gasteiger partial charge in [-0.3, -0.25) is 4.79 Å². The predicted octanol–water partition coefficient (Wildman–Crippen LogP) is 2.06. The van der Waals surface area contributed by atoms with Gasteiger partial charge in [0.25, 0.3) is 0 Å². The molecule has 15 heavy (non-hydrogen) atoms. The molecule has 0 amide bonds. The first-order valence-corrected chi connectivity index (χ1v) is 5.56. The van der Waals surface area contributed by atoms with Crippen LogP contribution in [0, 0.1) is 17.8 Å². The van der Waals surface area contributed by atoms with Crippen LogP contribution in [-0.4, -0.2) is 21.2 Å². The van der Waals surface area contributed by atoms with Gasteiger partial charge in [-0.25, -0.2) is 0 Å². The predicted molar refractivity (Wildman–Crippen MR) is 56.4 cm³/mol. The van der Waals surface area contributed by atoms with Crippen LogP contribution < -0.4 is 0 Å². The number of Topliss-reactive ketones (excluding diaryl/α,β-unsaturated/α-hetero) is 1. The third-order valence-corrected chi connectivity index (χ3v) is 3.22. The Morgan fingerprint density at radius 3 is 2.53 bits per heavy atom. The van der Waals surface area contributed by atoms with E-state index in [-0.39, 0.29) is 11.7 Å². The number of aromatic nitrogens is 3. The lowest BCUT2D eigenvalue weighted by Gasteiger charge is -2.29. The van der Waals surface area contributed by atoms with Gasteiger partial charge in [0.1, 0.15) is 5.69 Å². The van der Waals surface area contributed by atoms with Gasteiger partial charge in [0.05, 0.1) is 6.20 Å². The van der Waals surface area contributed by atoms with Gasteiger partial charge in [-0.1, -0.05) is 13.8 Å².